The van der Waals surface area contributed by atoms with Gasteiger partial charge in [-0.15, -0.1) is 0 Å². The number of carbonyl (C=O) groups excluding carboxylic acids is 2. The number of para-hydroxylation sites is 1. The van der Waals surface area contributed by atoms with E-state index >= 15 is 0 Å². The van der Waals surface area contributed by atoms with E-state index in [1.165, 1.54) is 18.7 Å². The quantitative estimate of drug-likeness (QED) is 0.622. The van der Waals surface area contributed by atoms with Crippen molar-refractivity contribution < 1.29 is 14.3 Å². The lowest BCUT2D eigenvalue weighted by molar-refractivity contribution is -0.148. The second-order valence-electron chi connectivity index (χ2n) is 6.12. The number of thioether (sulfide) groups is 1. The molecule has 1 fully saturated rings. The van der Waals surface area contributed by atoms with Gasteiger partial charge in [0.2, 0.25) is 0 Å². The number of hydrogen-bond acceptors (Lipinski definition) is 5. The molecule has 0 aromatic heterocycles. The molecule has 5 heteroatoms. The van der Waals surface area contributed by atoms with Crippen LogP contribution in [0.25, 0.3) is 0 Å². The van der Waals surface area contributed by atoms with E-state index in [1.807, 2.05) is 38.1 Å². The van der Waals surface area contributed by atoms with Crippen molar-refractivity contribution in [2.45, 2.75) is 44.0 Å². The Kier molecular flexibility index (Phi) is 3.20. The van der Waals surface area contributed by atoms with Crippen molar-refractivity contribution in [1.82, 2.24) is 0 Å². The maximum Gasteiger partial charge on any atom is 0.330 e. The zero-order valence-electron chi connectivity index (χ0n) is 12.3. The monoisotopic (exact) mass is 303 g/mol. The van der Waals surface area contributed by atoms with Gasteiger partial charge in [-0.05, 0) is 32.4 Å². The third-order valence-electron chi connectivity index (χ3n) is 3.81. The number of aliphatic imine (C=N–C) groups is 1. The summed E-state index contributed by atoms with van der Waals surface area (Å²) in [6.07, 6.45) is 1.05. The maximum absolute atomic E-state index is 12.3. The summed E-state index contributed by atoms with van der Waals surface area (Å²) in [6, 6.07) is 7.86. The maximum atomic E-state index is 12.3. The topological polar surface area (TPSA) is 55.7 Å². The minimum atomic E-state index is -1.15. The fourth-order valence-corrected chi connectivity index (χ4v) is 4.29. The van der Waals surface area contributed by atoms with Gasteiger partial charge in [-0.3, -0.25) is 9.59 Å². The van der Waals surface area contributed by atoms with Gasteiger partial charge in [0, 0.05) is 12.8 Å². The Balaban J connectivity index is 1.90. The normalized spacial score (nSPS) is 26.2. The van der Waals surface area contributed by atoms with Gasteiger partial charge in [0.05, 0.1) is 10.7 Å². The molecular formula is C16H17NO3S. The molecule has 0 bridgehead atoms. The lowest BCUT2D eigenvalue weighted by Gasteiger charge is -2.21. The van der Waals surface area contributed by atoms with Gasteiger partial charge in [-0.25, -0.2) is 4.99 Å². The summed E-state index contributed by atoms with van der Waals surface area (Å²) in [5.74, 6) is -0.606. The first-order valence-corrected chi connectivity index (χ1v) is 7.73. The lowest BCUT2D eigenvalue weighted by atomic mass is 9.94. The second kappa shape index (κ2) is 4.70. The highest BCUT2D eigenvalue weighted by atomic mass is 32.2. The Bertz CT molecular complexity index is 665. The molecule has 1 saturated heterocycles. The number of carbonyl (C=O) groups is 2. The molecule has 0 radical (unpaired) electrons. The fourth-order valence-electron chi connectivity index (χ4n) is 2.83. The number of hydrogen-bond donors (Lipinski definition) is 0. The molecule has 1 atom stereocenters. The molecule has 110 valence electrons. The minimum absolute atomic E-state index is 0.165. The van der Waals surface area contributed by atoms with Crippen LogP contribution < -0.4 is 0 Å². The van der Waals surface area contributed by atoms with Crippen LogP contribution in [0.2, 0.25) is 0 Å². The molecule has 2 aliphatic heterocycles. The van der Waals surface area contributed by atoms with E-state index in [9.17, 15) is 9.59 Å². The van der Waals surface area contributed by atoms with E-state index in [-0.39, 0.29) is 5.78 Å². The zero-order valence-corrected chi connectivity index (χ0v) is 13.1. The van der Waals surface area contributed by atoms with E-state index < -0.39 is 16.3 Å². The van der Waals surface area contributed by atoms with E-state index in [4.69, 9.17) is 4.74 Å². The highest BCUT2D eigenvalue weighted by Gasteiger charge is 2.57. The number of rotatable bonds is 2. The largest absolute Gasteiger partial charge is 0.458 e. The smallest absolute Gasteiger partial charge is 0.330 e. The van der Waals surface area contributed by atoms with Gasteiger partial charge in [0.1, 0.15) is 5.60 Å². The molecule has 2 aliphatic rings. The Morgan fingerprint density at radius 2 is 2.05 bits per heavy atom. The van der Waals surface area contributed by atoms with E-state index in [1.54, 1.807) is 0 Å². The van der Waals surface area contributed by atoms with Crippen LogP contribution in [0.1, 0.15) is 32.8 Å². The number of ether oxygens (including phenoxy) is 1. The Labute approximate surface area is 128 Å². The molecule has 0 spiro atoms. The third-order valence-corrected chi connectivity index (χ3v) is 5.23. The van der Waals surface area contributed by atoms with Crippen LogP contribution in [0.3, 0.4) is 0 Å². The van der Waals surface area contributed by atoms with Gasteiger partial charge >= 0.3 is 5.97 Å². The standard InChI is InChI=1S/C16H17NO3S/c1-10(18)16(9-15(2,3)20-14(16)19)21-13-8-11-6-4-5-7-12(11)17-13/h4-7H,8-9H2,1-3H3. The first kappa shape index (κ1) is 14.3. The number of nitrogens with zero attached hydrogens (tertiary/aromatic N) is 1. The molecular weight excluding hydrogens is 286 g/mol. The highest BCUT2D eigenvalue weighted by Crippen LogP contribution is 2.46. The van der Waals surface area contributed by atoms with Gasteiger partial charge in [-0.1, -0.05) is 30.0 Å². The number of benzene rings is 1. The predicted octanol–water partition coefficient (Wildman–Crippen LogP) is 3.06. The van der Waals surface area contributed by atoms with Crippen molar-refractivity contribution in [2.75, 3.05) is 0 Å². The number of fused-ring (bicyclic) bond motifs is 1. The number of esters is 1. The molecule has 21 heavy (non-hydrogen) atoms. The predicted molar refractivity (Wildman–Crippen MR) is 83.0 cm³/mol. The summed E-state index contributed by atoms with van der Waals surface area (Å²) in [4.78, 5) is 29.0. The summed E-state index contributed by atoms with van der Waals surface area (Å²) in [5, 5.41) is 0.807. The van der Waals surface area contributed by atoms with Crippen molar-refractivity contribution in [1.29, 1.82) is 0 Å². The SMILES string of the molecule is CC(=O)C1(SC2=Nc3ccccc3C2)CC(C)(C)OC1=O. The van der Waals surface area contributed by atoms with Crippen LogP contribution in [0, 0.1) is 0 Å². The molecule has 0 saturated carbocycles. The van der Waals surface area contributed by atoms with Crippen molar-refractivity contribution in [3.8, 4) is 0 Å². The summed E-state index contributed by atoms with van der Waals surface area (Å²) < 4.78 is 4.23. The van der Waals surface area contributed by atoms with Gasteiger partial charge in [0.15, 0.2) is 10.5 Å². The summed E-state index contributed by atoms with van der Waals surface area (Å²) in [6.45, 7) is 5.13. The highest BCUT2D eigenvalue weighted by molar-refractivity contribution is 8.16. The average Bonchev–Trinajstić information content (AvgIpc) is 2.87. The second-order valence-corrected chi connectivity index (χ2v) is 7.49. The molecule has 2 heterocycles. The molecule has 1 aromatic carbocycles. The summed E-state index contributed by atoms with van der Waals surface area (Å²) in [7, 11) is 0. The minimum Gasteiger partial charge on any atom is -0.458 e. The van der Waals surface area contributed by atoms with E-state index in [0.29, 0.717) is 12.8 Å². The van der Waals surface area contributed by atoms with Crippen molar-refractivity contribution in [3.05, 3.63) is 29.8 Å². The van der Waals surface area contributed by atoms with E-state index in [0.717, 1.165) is 16.3 Å². The van der Waals surface area contributed by atoms with Crippen LogP contribution in [-0.2, 0) is 20.7 Å². The Morgan fingerprint density at radius 3 is 2.62 bits per heavy atom. The number of cyclic esters (lactones) is 1. The number of ketones is 1. The van der Waals surface area contributed by atoms with E-state index in [2.05, 4.69) is 4.99 Å². The van der Waals surface area contributed by atoms with Gasteiger partial charge in [-0.2, -0.15) is 0 Å². The van der Waals surface area contributed by atoms with Crippen LogP contribution in [0.15, 0.2) is 29.3 Å². The van der Waals surface area contributed by atoms with Crippen molar-refractivity contribution >= 4 is 34.2 Å². The Morgan fingerprint density at radius 1 is 1.33 bits per heavy atom. The fraction of sp³-hybridized carbons (Fsp3) is 0.438. The molecule has 1 unspecified atom stereocenters. The summed E-state index contributed by atoms with van der Waals surface area (Å²) >= 11 is 1.26. The van der Waals surface area contributed by atoms with Gasteiger partial charge in [0.25, 0.3) is 0 Å². The average molecular weight is 303 g/mol. The molecule has 0 amide bonds. The van der Waals surface area contributed by atoms with Crippen LogP contribution in [0.5, 0.6) is 0 Å². The molecule has 0 aliphatic carbocycles. The zero-order chi connectivity index (χ0) is 15.3. The first-order chi connectivity index (χ1) is 9.82. The molecule has 4 nitrogen and oxygen atoms in total. The van der Waals surface area contributed by atoms with Crippen LogP contribution in [-0.4, -0.2) is 27.1 Å². The van der Waals surface area contributed by atoms with Crippen molar-refractivity contribution in [2.24, 2.45) is 4.99 Å². The molecule has 0 N–H and O–H groups in total. The number of Topliss-reactive ketones (excluding diaryl/α,β-unsaturated/α-hetero) is 1. The van der Waals surface area contributed by atoms with Crippen LogP contribution >= 0.6 is 11.8 Å². The molecule has 3 rings (SSSR count). The first-order valence-electron chi connectivity index (χ1n) is 6.91. The molecule has 1 aromatic rings. The summed E-state index contributed by atoms with van der Waals surface area (Å²) in [5.41, 5.74) is 1.44. The van der Waals surface area contributed by atoms with Gasteiger partial charge < -0.3 is 4.74 Å². The lowest BCUT2D eigenvalue weighted by Crippen LogP contribution is -2.40. The van der Waals surface area contributed by atoms with Crippen LogP contribution in [0.4, 0.5) is 5.69 Å². The Hall–Kier alpha value is -1.62. The third kappa shape index (κ3) is 2.39. The van der Waals surface area contributed by atoms with Crippen molar-refractivity contribution in [3.63, 3.8) is 0 Å².